The third kappa shape index (κ3) is 3.11. The second kappa shape index (κ2) is 5.79. The van der Waals surface area contributed by atoms with Crippen molar-refractivity contribution < 1.29 is 8.42 Å². The lowest BCUT2D eigenvalue weighted by atomic mass is 10.1. The summed E-state index contributed by atoms with van der Waals surface area (Å²) in [6.07, 6.45) is 1.87. The van der Waals surface area contributed by atoms with Crippen LogP contribution in [0.25, 0.3) is 0 Å². The number of aryl methyl sites for hydroxylation is 1. The van der Waals surface area contributed by atoms with Crippen molar-refractivity contribution in [2.75, 3.05) is 20.1 Å². The summed E-state index contributed by atoms with van der Waals surface area (Å²) < 4.78 is 26.7. The van der Waals surface area contributed by atoms with Crippen LogP contribution in [0, 0.1) is 6.92 Å². The number of hydrogen-bond donors (Lipinski definition) is 1. The van der Waals surface area contributed by atoms with Gasteiger partial charge in [-0.3, -0.25) is 0 Å². The van der Waals surface area contributed by atoms with Crippen molar-refractivity contribution in [1.29, 1.82) is 0 Å². The Morgan fingerprint density at radius 3 is 2.79 bits per heavy atom. The van der Waals surface area contributed by atoms with Crippen molar-refractivity contribution >= 4 is 21.6 Å². The van der Waals surface area contributed by atoms with Gasteiger partial charge in [0.05, 0.1) is 5.02 Å². The molecule has 0 bridgehead atoms. The first-order valence-corrected chi connectivity index (χ1v) is 8.20. The van der Waals surface area contributed by atoms with E-state index in [1.807, 2.05) is 14.0 Å². The molecule has 1 heterocycles. The van der Waals surface area contributed by atoms with E-state index in [-0.39, 0.29) is 10.9 Å². The lowest BCUT2D eigenvalue weighted by Crippen LogP contribution is -2.46. The summed E-state index contributed by atoms with van der Waals surface area (Å²) in [6, 6.07) is 5.27. The van der Waals surface area contributed by atoms with Crippen molar-refractivity contribution in [2.45, 2.75) is 30.7 Å². The molecule has 1 aromatic rings. The van der Waals surface area contributed by atoms with Gasteiger partial charge in [0.25, 0.3) is 0 Å². The summed E-state index contributed by atoms with van der Waals surface area (Å²) in [5, 5.41) is 3.44. The fourth-order valence-corrected chi connectivity index (χ4v) is 4.45. The molecule has 1 aromatic carbocycles. The molecular formula is C13H19ClN2O2S. The van der Waals surface area contributed by atoms with Crippen molar-refractivity contribution in [2.24, 2.45) is 0 Å². The number of nitrogens with zero attached hydrogens (tertiary/aromatic N) is 1. The minimum atomic E-state index is -3.49. The standard InChI is InChI=1S/C13H19ClN2O2S/c1-10-5-6-13(12(14)8-10)19(17,18)16-7-3-4-11(9-16)15-2/h5-6,8,11,15H,3-4,7,9H2,1-2H3/t11-/m0/s1. The largest absolute Gasteiger partial charge is 0.316 e. The van der Waals surface area contributed by atoms with Crippen LogP contribution >= 0.6 is 11.6 Å². The summed E-state index contributed by atoms with van der Waals surface area (Å²) in [7, 11) is -1.63. The monoisotopic (exact) mass is 302 g/mol. The zero-order chi connectivity index (χ0) is 14.0. The topological polar surface area (TPSA) is 49.4 Å². The number of halogens is 1. The van der Waals surface area contributed by atoms with Gasteiger partial charge in [0.2, 0.25) is 10.0 Å². The molecule has 19 heavy (non-hydrogen) atoms. The first kappa shape index (κ1) is 14.8. The maximum Gasteiger partial charge on any atom is 0.244 e. The Balaban J connectivity index is 2.31. The van der Waals surface area contributed by atoms with Crippen LogP contribution in [-0.2, 0) is 10.0 Å². The third-order valence-corrected chi connectivity index (χ3v) is 5.85. The fraction of sp³-hybridized carbons (Fsp3) is 0.538. The van der Waals surface area contributed by atoms with Crippen LogP contribution in [0.15, 0.2) is 23.1 Å². The summed E-state index contributed by atoms with van der Waals surface area (Å²) in [6.45, 7) is 2.95. The zero-order valence-corrected chi connectivity index (χ0v) is 12.8. The van der Waals surface area contributed by atoms with Crippen molar-refractivity contribution in [1.82, 2.24) is 9.62 Å². The Kier molecular flexibility index (Phi) is 4.50. The first-order chi connectivity index (χ1) is 8.95. The highest BCUT2D eigenvalue weighted by Gasteiger charge is 2.30. The Morgan fingerprint density at radius 1 is 1.42 bits per heavy atom. The predicted octanol–water partition coefficient (Wildman–Crippen LogP) is 2.02. The van der Waals surface area contributed by atoms with Gasteiger partial charge in [0.15, 0.2) is 0 Å². The second-order valence-electron chi connectivity index (χ2n) is 4.92. The van der Waals surface area contributed by atoms with Gasteiger partial charge >= 0.3 is 0 Å². The Morgan fingerprint density at radius 2 is 2.16 bits per heavy atom. The number of nitrogens with one attached hydrogen (secondary N) is 1. The number of hydrogen-bond acceptors (Lipinski definition) is 3. The SMILES string of the molecule is CN[C@H]1CCCN(S(=O)(=O)c2ccc(C)cc2Cl)C1. The van der Waals surface area contributed by atoms with E-state index in [4.69, 9.17) is 11.6 Å². The van der Waals surface area contributed by atoms with Gasteiger partial charge in [0.1, 0.15) is 4.90 Å². The minimum absolute atomic E-state index is 0.205. The lowest BCUT2D eigenvalue weighted by molar-refractivity contribution is 0.293. The third-order valence-electron chi connectivity index (χ3n) is 3.50. The van der Waals surface area contributed by atoms with E-state index >= 15 is 0 Å². The maximum absolute atomic E-state index is 12.6. The molecule has 106 valence electrons. The normalized spacial score (nSPS) is 21.5. The molecule has 1 N–H and O–H groups in total. The Hall–Kier alpha value is -0.620. The average molecular weight is 303 g/mol. The van der Waals surface area contributed by atoms with Gasteiger partial charge in [0, 0.05) is 19.1 Å². The van der Waals surface area contributed by atoms with Crippen LogP contribution in [0.3, 0.4) is 0 Å². The van der Waals surface area contributed by atoms with Crippen molar-refractivity contribution in [3.63, 3.8) is 0 Å². The van der Waals surface area contributed by atoms with Crippen LogP contribution in [0.2, 0.25) is 5.02 Å². The second-order valence-corrected chi connectivity index (χ2v) is 7.24. The molecule has 1 fully saturated rings. The van der Waals surface area contributed by atoms with Gasteiger partial charge in [-0.15, -0.1) is 0 Å². The molecule has 1 saturated heterocycles. The van der Waals surface area contributed by atoms with E-state index in [9.17, 15) is 8.42 Å². The summed E-state index contributed by atoms with van der Waals surface area (Å²) in [4.78, 5) is 0.205. The Bertz CT molecular complexity index is 560. The number of piperidine rings is 1. The zero-order valence-electron chi connectivity index (χ0n) is 11.2. The quantitative estimate of drug-likeness (QED) is 0.929. The molecule has 0 aliphatic carbocycles. The molecular weight excluding hydrogens is 284 g/mol. The summed E-state index contributed by atoms with van der Waals surface area (Å²) in [5.41, 5.74) is 0.954. The molecule has 4 nitrogen and oxygen atoms in total. The Labute approximate surface area is 119 Å². The molecule has 6 heteroatoms. The molecule has 0 spiro atoms. The smallest absolute Gasteiger partial charge is 0.244 e. The van der Waals surface area contributed by atoms with Crippen LogP contribution in [0.1, 0.15) is 18.4 Å². The number of rotatable bonds is 3. The van der Waals surface area contributed by atoms with Gasteiger partial charge < -0.3 is 5.32 Å². The van der Waals surface area contributed by atoms with Crippen LogP contribution in [0.4, 0.5) is 0 Å². The van der Waals surface area contributed by atoms with Crippen molar-refractivity contribution in [3.05, 3.63) is 28.8 Å². The van der Waals surface area contributed by atoms with E-state index in [0.29, 0.717) is 18.1 Å². The fourth-order valence-electron chi connectivity index (χ4n) is 2.35. The lowest BCUT2D eigenvalue weighted by Gasteiger charge is -2.31. The maximum atomic E-state index is 12.6. The molecule has 0 unspecified atom stereocenters. The number of likely N-dealkylation sites (N-methyl/N-ethyl adjacent to an activating group) is 1. The van der Waals surface area contributed by atoms with Gasteiger partial charge in [-0.05, 0) is 44.5 Å². The molecule has 1 atom stereocenters. The van der Waals surface area contributed by atoms with E-state index in [1.54, 1.807) is 18.2 Å². The highest BCUT2D eigenvalue weighted by Crippen LogP contribution is 2.27. The highest BCUT2D eigenvalue weighted by atomic mass is 35.5. The minimum Gasteiger partial charge on any atom is -0.316 e. The number of sulfonamides is 1. The van der Waals surface area contributed by atoms with Gasteiger partial charge in [-0.25, -0.2) is 8.42 Å². The molecule has 0 radical (unpaired) electrons. The van der Waals surface area contributed by atoms with Crippen LogP contribution < -0.4 is 5.32 Å². The predicted molar refractivity (Wildman–Crippen MR) is 77.0 cm³/mol. The first-order valence-electron chi connectivity index (χ1n) is 6.38. The van der Waals surface area contributed by atoms with Gasteiger partial charge in [-0.1, -0.05) is 17.7 Å². The molecule has 0 aromatic heterocycles. The summed E-state index contributed by atoms with van der Waals surface area (Å²) >= 11 is 6.08. The van der Waals surface area contributed by atoms with E-state index in [1.165, 1.54) is 4.31 Å². The van der Waals surface area contributed by atoms with Gasteiger partial charge in [-0.2, -0.15) is 4.31 Å². The molecule has 1 aliphatic rings. The average Bonchev–Trinajstić information content (AvgIpc) is 2.38. The number of benzene rings is 1. The van der Waals surface area contributed by atoms with Crippen LogP contribution in [-0.4, -0.2) is 38.9 Å². The molecule has 2 rings (SSSR count). The van der Waals surface area contributed by atoms with Crippen LogP contribution in [0.5, 0.6) is 0 Å². The highest BCUT2D eigenvalue weighted by molar-refractivity contribution is 7.89. The molecule has 1 aliphatic heterocycles. The van der Waals surface area contributed by atoms with E-state index in [0.717, 1.165) is 18.4 Å². The molecule has 0 amide bonds. The molecule has 0 saturated carbocycles. The van der Waals surface area contributed by atoms with E-state index < -0.39 is 10.0 Å². The van der Waals surface area contributed by atoms with Crippen molar-refractivity contribution in [3.8, 4) is 0 Å². The van der Waals surface area contributed by atoms with E-state index in [2.05, 4.69) is 5.32 Å². The summed E-state index contributed by atoms with van der Waals surface area (Å²) in [5.74, 6) is 0.